The highest BCUT2D eigenvalue weighted by Crippen LogP contribution is 2.33. The Balaban J connectivity index is 0.00000261. The molecule has 0 unspecified atom stereocenters. The Kier molecular flexibility index (Phi) is 8.38. The predicted molar refractivity (Wildman–Crippen MR) is 93.2 cm³/mol. The third kappa shape index (κ3) is 5.15. The second-order valence-electron chi connectivity index (χ2n) is 6.73. The first-order valence-corrected chi connectivity index (χ1v) is 9.17. The van der Waals surface area contributed by atoms with Gasteiger partial charge in [-0.05, 0) is 12.8 Å². The number of morpholine rings is 1. The SMILES string of the molecule is Fc1c(F)c(N2CCCCCC2)c(F)c(F)c1/C=C/CN1CCOCC1.[Cl-]. The van der Waals surface area contributed by atoms with Crippen LogP contribution >= 0.6 is 0 Å². The zero-order valence-corrected chi connectivity index (χ0v) is 15.9. The average molecular weight is 408 g/mol. The van der Waals surface area contributed by atoms with Crippen LogP contribution in [0.15, 0.2) is 6.08 Å². The second-order valence-corrected chi connectivity index (χ2v) is 6.73. The summed E-state index contributed by atoms with van der Waals surface area (Å²) in [6, 6.07) is 0. The first-order chi connectivity index (χ1) is 12.6. The summed E-state index contributed by atoms with van der Waals surface area (Å²) in [6.45, 7) is 3.88. The van der Waals surface area contributed by atoms with Crippen molar-refractivity contribution >= 4 is 11.8 Å². The van der Waals surface area contributed by atoms with Crippen molar-refractivity contribution in [3.05, 3.63) is 34.9 Å². The standard InChI is InChI=1S/C19H24F4N2O.ClH/c20-15-14(6-5-7-24-10-12-26-13-11-24)16(21)18(23)19(17(15)22)25-8-3-1-2-4-9-25;/h5-6H,1-4,7-13H2;1H/p-1/b6-5+;. The van der Waals surface area contributed by atoms with Crippen molar-refractivity contribution in [2.24, 2.45) is 0 Å². The summed E-state index contributed by atoms with van der Waals surface area (Å²) in [4.78, 5) is 3.46. The lowest BCUT2D eigenvalue weighted by molar-refractivity contribution is -0.00000877. The van der Waals surface area contributed by atoms with Crippen LogP contribution in [0.25, 0.3) is 6.08 Å². The van der Waals surface area contributed by atoms with Gasteiger partial charge in [0.15, 0.2) is 23.3 Å². The van der Waals surface area contributed by atoms with E-state index in [1.165, 1.54) is 11.0 Å². The molecular weight excluding hydrogens is 384 g/mol. The van der Waals surface area contributed by atoms with E-state index >= 15 is 0 Å². The van der Waals surface area contributed by atoms with Crippen LogP contribution in [-0.4, -0.2) is 50.8 Å². The Morgan fingerprint density at radius 3 is 1.89 bits per heavy atom. The number of ether oxygens (including phenoxy) is 1. The van der Waals surface area contributed by atoms with E-state index in [1.807, 2.05) is 4.90 Å². The minimum Gasteiger partial charge on any atom is -1.00 e. The van der Waals surface area contributed by atoms with Crippen molar-refractivity contribution in [1.82, 2.24) is 4.90 Å². The molecule has 0 bridgehead atoms. The Morgan fingerprint density at radius 2 is 1.33 bits per heavy atom. The van der Waals surface area contributed by atoms with Crippen LogP contribution in [0.5, 0.6) is 0 Å². The van der Waals surface area contributed by atoms with Gasteiger partial charge < -0.3 is 22.0 Å². The molecule has 2 fully saturated rings. The average Bonchev–Trinajstić information content (AvgIpc) is 2.93. The molecule has 0 aromatic heterocycles. The maximum Gasteiger partial charge on any atom is 0.185 e. The second kappa shape index (κ2) is 10.3. The third-order valence-electron chi connectivity index (χ3n) is 4.95. The molecule has 0 aliphatic carbocycles. The van der Waals surface area contributed by atoms with Crippen molar-refractivity contribution in [3.8, 4) is 0 Å². The third-order valence-corrected chi connectivity index (χ3v) is 4.95. The van der Waals surface area contributed by atoms with Gasteiger partial charge in [-0.25, -0.2) is 17.6 Å². The number of halogens is 5. The predicted octanol–water partition coefficient (Wildman–Crippen LogP) is 0.973. The van der Waals surface area contributed by atoms with E-state index in [2.05, 4.69) is 0 Å². The molecule has 3 rings (SSSR count). The summed E-state index contributed by atoms with van der Waals surface area (Å²) < 4.78 is 63.1. The van der Waals surface area contributed by atoms with E-state index in [0.29, 0.717) is 45.9 Å². The van der Waals surface area contributed by atoms with Gasteiger partial charge in [0.2, 0.25) is 0 Å². The summed E-state index contributed by atoms with van der Waals surface area (Å²) in [5.41, 5.74) is -1.24. The van der Waals surface area contributed by atoms with Crippen LogP contribution in [0, 0.1) is 23.3 Å². The molecule has 0 amide bonds. The molecule has 2 aliphatic rings. The molecule has 152 valence electrons. The molecule has 1 aromatic rings. The summed E-state index contributed by atoms with van der Waals surface area (Å²) in [5, 5.41) is 0. The maximum absolute atomic E-state index is 14.5. The van der Waals surface area contributed by atoms with E-state index < -0.39 is 34.5 Å². The lowest BCUT2D eigenvalue weighted by atomic mass is 10.1. The number of benzene rings is 1. The molecule has 2 aliphatic heterocycles. The van der Waals surface area contributed by atoms with E-state index in [9.17, 15) is 17.6 Å². The minimum absolute atomic E-state index is 0. The number of hydrogen-bond acceptors (Lipinski definition) is 3. The smallest absolute Gasteiger partial charge is 0.185 e. The number of rotatable bonds is 4. The fourth-order valence-corrected chi connectivity index (χ4v) is 3.46. The van der Waals surface area contributed by atoms with E-state index in [1.54, 1.807) is 0 Å². The molecule has 0 saturated carbocycles. The van der Waals surface area contributed by atoms with Crippen LogP contribution in [0.4, 0.5) is 23.2 Å². The van der Waals surface area contributed by atoms with Crippen molar-refractivity contribution in [3.63, 3.8) is 0 Å². The Labute approximate surface area is 163 Å². The Morgan fingerprint density at radius 1 is 0.778 bits per heavy atom. The molecule has 3 nitrogen and oxygen atoms in total. The zero-order valence-electron chi connectivity index (χ0n) is 15.1. The van der Waals surface area contributed by atoms with Crippen LogP contribution in [0.1, 0.15) is 31.2 Å². The van der Waals surface area contributed by atoms with Gasteiger partial charge in [-0.1, -0.05) is 25.0 Å². The largest absolute Gasteiger partial charge is 1.00 e. The highest BCUT2D eigenvalue weighted by Gasteiger charge is 2.28. The molecule has 0 N–H and O–H groups in total. The highest BCUT2D eigenvalue weighted by molar-refractivity contribution is 5.60. The van der Waals surface area contributed by atoms with Gasteiger partial charge in [0.25, 0.3) is 0 Å². The molecule has 0 spiro atoms. The van der Waals surface area contributed by atoms with Crippen LogP contribution in [0.2, 0.25) is 0 Å². The summed E-state index contributed by atoms with van der Waals surface area (Å²) in [6.07, 6.45) is 6.06. The van der Waals surface area contributed by atoms with Crippen molar-refractivity contribution < 1.29 is 34.7 Å². The lowest BCUT2D eigenvalue weighted by Crippen LogP contribution is -3.00. The number of anilines is 1. The first kappa shape index (κ1) is 22.0. The highest BCUT2D eigenvalue weighted by atomic mass is 35.5. The molecule has 2 saturated heterocycles. The monoisotopic (exact) mass is 407 g/mol. The van der Waals surface area contributed by atoms with Gasteiger partial charge in [0, 0.05) is 32.7 Å². The summed E-state index contributed by atoms with van der Waals surface area (Å²) in [7, 11) is 0. The van der Waals surface area contributed by atoms with E-state index in [4.69, 9.17) is 4.74 Å². The van der Waals surface area contributed by atoms with Gasteiger partial charge in [-0.3, -0.25) is 4.90 Å². The summed E-state index contributed by atoms with van der Waals surface area (Å²) in [5.74, 6) is -5.28. The Hall–Kier alpha value is -1.31. The van der Waals surface area contributed by atoms with Gasteiger partial charge in [0.05, 0.1) is 18.8 Å². The topological polar surface area (TPSA) is 15.7 Å². The molecule has 1 aromatic carbocycles. The van der Waals surface area contributed by atoms with Gasteiger partial charge in [-0.2, -0.15) is 0 Å². The van der Waals surface area contributed by atoms with Crippen LogP contribution < -0.4 is 17.3 Å². The minimum atomic E-state index is -1.33. The molecular formula is C19H24ClF4N2O-. The van der Waals surface area contributed by atoms with Gasteiger partial charge in [0.1, 0.15) is 5.69 Å². The molecule has 2 heterocycles. The van der Waals surface area contributed by atoms with Crippen molar-refractivity contribution in [1.29, 1.82) is 0 Å². The molecule has 0 atom stereocenters. The number of hydrogen-bond donors (Lipinski definition) is 0. The molecule has 8 heteroatoms. The van der Waals surface area contributed by atoms with Gasteiger partial charge in [-0.15, -0.1) is 0 Å². The zero-order chi connectivity index (χ0) is 18.5. The fraction of sp³-hybridized carbons (Fsp3) is 0.579. The van der Waals surface area contributed by atoms with Gasteiger partial charge >= 0.3 is 0 Å². The maximum atomic E-state index is 14.5. The van der Waals surface area contributed by atoms with E-state index in [0.717, 1.165) is 31.8 Å². The molecule has 27 heavy (non-hydrogen) atoms. The first-order valence-electron chi connectivity index (χ1n) is 9.17. The van der Waals surface area contributed by atoms with Crippen molar-refractivity contribution in [2.45, 2.75) is 25.7 Å². The quantitative estimate of drug-likeness (QED) is 0.546. The van der Waals surface area contributed by atoms with E-state index in [-0.39, 0.29) is 12.4 Å². The van der Waals surface area contributed by atoms with Crippen molar-refractivity contribution in [2.75, 3.05) is 50.8 Å². The number of nitrogens with zero attached hydrogens (tertiary/aromatic N) is 2. The fourth-order valence-electron chi connectivity index (χ4n) is 3.46. The normalized spacial score (nSPS) is 19.2. The lowest BCUT2D eigenvalue weighted by Gasteiger charge is -2.25. The summed E-state index contributed by atoms with van der Waals surface area (Å²) >= 11 is 0. The van der Waals surface area contributed by atoms with Crippen LogP contribution in [-0.2, 0) is 4.74 Å². The Bertz CT molecular complexity index is 629. The van der Waals surface area contributed by atoms with Crippen LogP contribution in [0.3, 0.4) is 0 Å². The molecule has 0 radical (unpaired) electrons.